The molecule has 1 N–H and O–H groups in total. The third kappa shape index (κ3) is 2.43. The average Bonchev–Trinajstić information content (AvgIpc) is 3.34. The van der Waals surface area contributed by atoms with Crippen LogP contribution in [0.2, 0.25) is 0 Å². The lowest BCUT2D eigenvalue weighted by molar-refractivity contribution is 0.505. The van der Waals surface area contributed by atoms with Crippen LogP contribution in [0.3, 0.4) is 0 Å². The molecule has 1 heterocycles. The number of hydrogen-bond acceptors (Lipinski definition) is 2. The maximum absolute atomic E-state index is 13.7. The van der Waals surface area contributed by atoms with Gasteiger partial charge in [-0.3, -0.25) is 0 Å². The predicted octanol–water partition coefficient (Wildman–Crippen LogP) is 4.35. The van der Waals surface area contributed by atoms with Crippen LogP contribution in [-0.4, -0.2) is 13.1 Å². The highest BCUT2D eigenvalue weighted by atomic mass is 19.2. The molecule has 1 aliphatic heterocycles. The molecule has 1 saturated carbocycles. The van der Waals surface area contributed by atoms with E-state index in [4.69, 9.17) is 0 Å². The zero-order valence-corrected chi connectivity index (χ0v) is 12.2. The van der Waals surface area contributed by atoms with E-state index in [0.29, 0.717) is 18.2 Å². The molecular weight excluding hydrogens is 282 g/mol. The summed E-state index contributed by atoms with van der Waals surface area (Å²) < 4.78 is 27.2. The smallest absolute Gasteiger partial charge is 0.161 e. The number of anilines is 2. The number of rotatable bonds is 3. The Kier molecular flexibility index (Phi) is 3.25. The van der Waals surface area contributed by atoms with Crippen LogP contribution in [0.15, 0.2) is 42.5 Å². The summed E-state index contributed by atoms with van der Waals surface area (Å²) in [4.78, 5) is 2.24. The molecule has 1 fully saturated rings. The Morgan fingerprint density at radius 3 is 2.50 bits per heavy atom. The minimum absolute atomic E-state index is 0.152. The van der Waals surface area contributed by atoms with Crippen LogP contribution >= 0.6 is 0 Å². The summed E-state index contributed by atoms with van der Waals surface area (Å²) in [5.41, 5.74) is 2.66. The van der Waals surface area contributed by atoms with Crippen LogP contribution < -0.4 is 10.2 Å². The number of nitrogens with one attached hydrogen (secondary N) is 1. The summed E-state index contributed by atoms with van der Waals surface area (Å²) in [6, 6.07) is 13.0. The van der Waals surface area contributed by atoms with E-state index in [1.165, 1.54) is 30.5 Å². The molecule has 1 unspecified atom stereocenters. The molecule has 0 bridgehead atoms. The van der Waals surface area contributed by atoms with Crippen molar-refractivity contribution in [3.63, 3.8) is 0 Å². The first-order valence-corrected chi connectivity index (χ1v) is 7.77. The van der Waals surface area contributed by atoms with Crippen molar-refractivity contribution in [1.82, 2.24) is 0 Å². The minimum atomic E-state index is -0.796. The molecule has 22 heavy (non-hydrogen) atoms. The van der Waals surface area contributed by atoms with E-state index in [9.17, 15) is 8.78 Å². The van der Waals surface area contributed by atoms with Crippen molar-refractivity contribution in [3.8, 4) is 0 Å². The highest BCUT2D eigenvalue weighted by molar-refractivity contribution is 5.73. The van der Waals surface area contributed by atoms with Crippen molar-refractivity contribution >= 4 is 11.4 Å². The lowest BCUT2D eigenvalue weighted by atomic mass is 10.0. The highest BCUT2D eigenvalue weighted by Crippen LogP contribution is 2.42. The van der Waals surface area contributed by atoms with Crippen molar-refractivity contribution in [2.75, 3.05) is 23.3 Å². The Hall–Kier alpha value is -2.10. The SMILES string of the molecule is Fc1cc2c(cc1F)N(CC1CC1)C(c1ccccc1)CN2. The topological polar surface area (TPSA) is 15.3 Å². The Labute approximate surface area is 128 Å². The van der Waals surface area contributed by atoms with Gasteiger partial charge >= 0.3 is 0 Å². The highest BCUT2D eigenvalue weighted by Gasteiger charge is 2.33. The van der Waals surface area contributed by atoms with E-state index in [1.807, 2.05) is 18.2 Å². The van der Waals surface area contributed by atoms with Gasteiger partial charge in [0.25, 0.3) is 0 Å². The summed E-state index contributed by atoms with van der Waals surface area (Å²) in [5, 5.41) is 3.25. The third-order valence-corrected chi connectivity index (χ3v) is 4.55. The molecule has 0 saturated heterocycles. The third-order valence-electron chi connectivity index (χ3n) is 4.55. The summed E-state index contributed by atoms with van der Waals surface area (Å²) in [5.74, 6) is -0.906. The van der Waals surface area contributed by atoms with Crippen molar-refractivity contribution < 1.29 is 8.78 Å². The molecule has 0 aromatic heterocycles. The van der Waals surface area contributed by atoms with Gasteiger partial charge in [-0.1, -0.05) is 30.3 Å². The van der Waals surface area contributed by atoms with Gasteiger partial charge in [0.2, 0.25) is 0 Å². The van der Waals surface area contributed by atoms with E-state index < -0.39 is 11.6 Å². The van der Waals surface area contributed by atoms with E-state index in [-0.39, 0.29) is 6.04 Å². The van der Waals surface area contributed by atoms with Gasteiger partial charge in [-0.15, -0.1) is 0 Å². The van der Waals surface area contributed by atoms with Crippen LogP contribution in [0.4, 0.5) is 20.2 Å². The van der Waals surface area contributed by atoms with Gasteiger partial charge < -0.3 is 10.2 Å². The maximum atomic E-state index is 13.7. The monoisotopic (exact) mass is 300 g/mol. The van der Waals surface area contributed by atoms with Crippen LogP contribution in [0.1, 0.15) is 24.4 Å². The molecule has 0 spiro atoms. The molecule has 1 aliphatic carbocycles. The molecule has 2 aliphatic rings. The second-order valence-electron chi connectivity index (χ2n) is 6.19. The fourth-order valence-corrected chi connectivity index (χ4v) is 3.18. The Morgan fingerprint density at radius 2 is 1.77 bits per heavy atom. The number of hydrogen-bond donors (Lipinski definition) is 1. The van der Waals surface area contributed by atoms with E-state index in [2.05, 4.69) is 22.3 Å². The average molecular weight is 300 g/mol. The molecule has 2 nitrogen and oxygen atoms in total. The van der Waals surface area contributed by atoms with Crippen molar-refractivity contribution in [2.45, 2.75) is 18.9 Å². The normalized spacial score (nSPS) is 20.5. The Bertz CT molecular complexity index is 683. The van der Waals surface area contributed by atoms with Gasteiger partial charge in [-0.2, -0.15) is 0 Å². The van der Waals surface area contributed by atoms with E-state index >= 15 is 0 Å². The van der Waals surface area contributed by atoms with Crippen LogP contribution in [0.25, 0.3) is 0 Å². The fourth-order valence-electron chi connectivity index (χ4n) is 3.18. The first-order valence-electron chi connectivity index (χ1n) is 7.77. The first-order chi connectivity index (χ1) is 10.7. The second kappa shape index (κ2) is 5.27. The summed E-state index contributed by atoms with van der Waals surface area (Å²) >= 11 is 0. The molecule has 4 rings (SSSR count). The van der Waals surface area contributed by atoms with Crippen molar-refractivity contribution in [3.05, 3.63) is 59.7 Å². The zero-order chi connectivity index (χ0) is 15.1. The fraction of sp³-hybridized carbons (Fsp3) is 0.333. The predicted molar refractivity (Wildman–Crippen MR) is 84.1 cm³/mol. The summed E-state index contributed by atoms with van der Waals surface area (Å²) in [6.07, 6.45) is 2.45. The van der Waals surface area contributed by atoms with Crippen molar-refractivity contribution in [1.29, 1.82) is 0 Å². The van der Waals surface area contributed by atoms with Crippen LogP contribution in [0.5, 0.6) is 0 Å². The van der Waals surface area contributed by atoms with Gasteiger partial charge in [0.1, 0.15) is 0 Å². The summed E-state index contributed by atoms with van der Waals surface area (Å²) in [6.45, 7) is 1.61. The van der Waals surface area contributed by atoms with E-state index in [1.54, 1.807) is 0 Å². The zero-order valence-electron chi connectivity index (χ0n) is 12.2. The Balaban J connectivity index is 1.75. The molecule has 2 aromatic rings. The number of benzene rings is 2. The number of nitrogens with zero attached hydrogens (tertiary/aromatic N) is 1. The summed E-state index contributed by atoms with van der Waals surface area (Å²) in [7, 11) is 0. The second-order valence-corrected chi connectivity index (χ2v) is 6.19. The molecule has 114 valence electrons. The quantitative estimate of drug-likeness (QED) is 0.906. The molecule has 4 heteroatoms. The first kappa shape index (κ1) is 13.6. The number of halogens is 2. The van der Waals surface area contributed by atoms with Gasteiger partial charge in [0.15, 0.2) is 11.6 Å². The molecule has 0 amide bonds. The van der Waals surface area contributed by atoms with Gasteiger partial charge in [-0.05, 0) is 24.3 Å². The number of fused-ring (bicyclic) bond motifs is 1. The van der Waals surface area contributed by atoms with Gasteiger partial charge in [0, 0.05) is 25.2 Å². The largest absolute Gasteiger partial charge is 0.381 e. The van der Waals surface area contributed by atoms with E-state index in [0.717, 1.165) is 12.2 Å². The lowest BCUT2D eigenvalue weighted by Crippen LogP contribution is -2.39. The van der Waals surface area contributed by atoms with Gasteiger partial charge in [-0.25, -0.2) is 8.78 Å². The minimum Gasteiger partial charge on any atom is -0.381 e. The van der Waals surface area contributed by atoms with Gasteiger partial charge in [0.05, 0.1) is 17.4 Å². The van der Waals surface area contributed by atoms with Crippen molar-refractivity contribution in [2.24, 2.45) is 5.92 Å². The molecule has 2 aromatic carbocycles. The molecule has 1 atom stereocenters. The standard InChI is InChI=1S/C18H18F2N2/c19-14-8-16-17(9-15(14)20)22(11-12-6-7-12)18(10-21-16)13-4-2-1-3-5-13/h1-5,8-9,12,18,21H,6-7,10-11H2. The molecule has 0 radical (unpaired) electrons. The maximum Gasteiger partial charge on any atom is 0.161 e. The Morgan fingerprint density at radius 1 is 1.05 bits per heavy atom. The molecular formula is C18H18F2N2. The van der Waals surface area contributed by atoms with Crippen LogP contribution in [-0.2, 0) is 0 Å². The lowest BCUT2D eigenvalue weighted by Gasteiger charge is -2.40. The van der Waals surface area contributed by atoms with Crippen LogP contribution in [0, 0.1) is 17.6 Å².